The Balaban J connectivity index is 2.56. The zero-order valence-electron chi connectivity index (χ0n) is 8.59. The summed E-state index contributed by atoms with van der Waals surface area (Å²) in [4.78, 5) is 0. The number of fused-ring (bicyclic) bond motifs is 1. The van der Waals surface area contributed by atoms with Gasteiger partial charge in [-0.2, -0.15) is 0 Å². The molecule has 0 bridgehead atoms. The van der Waals surface area contributed by atoms with Crippen LogP contribution in [0, 0.1) is 6.92 Å². The van der Waals surface area contributed by atoms with Gasteiger partial charge in [-0.05, 0) is 31.6 Å². The SMILES string of the molecule is Cc1cccc2c1O[Si](C)(C)N2C. The van der Waals surface area contributed by atoms with Gasteiger partial charge in [0.25, 0.3) is 0 Å². The maximum atomic E-state index is 6.00. The average Bonchev–Trinajstić information content (AvgIpc) is 2.28. The predicted molar refractivity (Wildman–Crippen MR) is 57.7 cm³/mol. The lowest BCUT2D eigenvalue weighted by molar-refractivity contribution is 0.569. The van der Waals surface area contributed by atoms with Gasteiger partial charge in [0.05, 0.1) is 5.69 Å². The van der Waals surface area contributed by atoms with Crippen molar-refractivity contribution in [2.75, 3.05) is 11.6 Å². The molecule has 1 aromatic carbocycles. The molecule has 0 radical (unpaired) electrons. The molecule has 13 heavy (non-hydrogen) atoms. The normalized spacial score (nSPS) is 18.3. The summed E-state index contributed by atoms with van der Waals surface area (Å²) < 4.78 is 8.30. The summed E-state index contributed by atoms with van der Waals surface area (Å²) in [6.07, 6.45) is 0. The Morgan fingerprint density at radius 2 is 2.00 bits per heavy atom. The molecule has 0 N–H and O–H groups in total. The van der Waals surface area contributed by atoms with E-state index in [1.165, 1.54) is 11.3 Å². The van der Waals surface area contributed by atoms with Crippen molar-refractivity contribution in [1.82, 2.24) is 0 Å². The highest BCUT2D eigenvalue weighted by atomic mass is 28.4. The molecule has 2 nitrogen and oxygen atoms in total. The van der Waals surface area contributed by atoms with Gasteiger partial charge in [0.1, 0.15) is 5.75 Å². The van der Waals surface area contributed by atoms with Crippen LogP contribution in [0.5, 0.6) is 5.75 Å². The van der Waals surface area contributed by atoms with Gasteiger partial charge in [0.15, 0.2) is 0 Å². The van der Waals surface area contributed by atoms with Crippen molar-refractivity contribution < 1.29 is 4.43 Å². The van der Waals surface area contributed by atoms with Crippen molar-refractivity contribution in [3.63, 3.8) is 0 Å². The lowest BCUT2D eigenvalue weighted by Crippen LogP contribution is -2.47. The minimum Gasteiger partial charge on any atom is -0.523 e. The van der Waals surface area contributed by atoms with Crippen LogP contribution >= 0.6 is 0 Å². The van der Waals surface area contributed by atoms with E-state index in [1.54, 1.807) is 0 Å². The lowest BCUT2D eigenvalue weighted by atomic mass is 10.2. The molecule has 1 heterocycles. The predicted octanol–water partition coefficient (Wildman–Crippen LogP) is 2.53. The van der Waals surface area contributed by atoms with Crippen molar-refractivity contribution >= 4 is 14.2 Å². The molecule has 1 aromatic rings. The fourth-order valence-electron chi connectivity index (χ4n) is 1.64. The molecule has 0 fully saturated rings. The molecule has 0 unspecified atom stereocenters. The van der Waals surface area contributed by atoms with E-state index < -0.39 is 8.48 Å². The Morgan fingerprint density at radius 3 is 2.62 bits per heavy atom. The third-order valence-corrected chi connectivity index (χ3v) is 5.27. The van der Waals surface area contributed by atoms with Crippen LogP contribution in [-0.2, 0) is 0 Å². The van der Waals surface area contributed by atoms with Gasteiger partial charge in [-0.1, -0.05) is 12.1 Å². The molecular weight excluding hydrogens is 178 g/mol. The molecule has 0 atom stereocenters. The standard InChI is InChI=1S/C10H15NOSi/c1-8-6-5-7-9-10(8)12-13(3,4)11(9)2/h5-7H,1-4H3. The summed E-state index contributed by atoms with van der Waals surface area (Å²) in [6.45, 7) is 6.53. The van der Waals surface area contributed by atoms with Crippen LogP contribution in [0.4, 0.5) is 5.69 Å². The number of hydrogen-bond donors (Lipinski definition) is 0. The first-order valence-corrected chi connectivity index (χ1v) is 7.40. The number of nitrogens with zero attached hydrogens (tertiary/aromatic N) is 1. The highest BCUT2D eigenvalue weighted by molar-refractivity contribution is 6.77. The molecule has 2 rings (SSSR count). The average molecular weight is 193 g/mol. The zero-order valence-corrected chi connectivity index (χ0v) is 9.59. The van der Waals surface area contributed by atoms with E-state index in [4.69, 9.17) is 4.43 Å². The van der Waals surface area contributed by atoms with Gasteiger partial charge < -0.3 is 8.99 Å². The van der Waals surface area contributed by atoms with Crippen molar-refractivity contribution in [1.29, 1.82) is 0 Å². The molecule has 1 aliphatic rings. The van der Waals surface area contributed by atoms with E-state index in [0.29, 0.717) is 0 Å². The quantitative estimate of drug-likeness (QED) is 0.587. The van der Waals surface area contributed by atoms with Gasteiger partial charge >= 0.3 is 8.48 Å². The third-order valence-electron chi connectivity index (χ3n) is 2.71. The first kappa shape index (κ1) is 8.63. The number of anilines is 1. The maximum absolute atomic E-state index is 6.00. The maximum Gasteiger partial charge on any atom is 0.354 e. The van der Waals surface area contributed by atoms with E-state index in [0.717, 1.165) is 5.75 Å². The Kier molecular flexibility index (Phi) is 1.67. The van der Waals surface area contributed by atoms with E-state index in [2.05, 4.69) is 49.8 Å². The highest BCUT2D eigenvalue weighted by Gasteiger charge is 2.39. The van der Waals surface area contributed by atoms with Crippen LogP contribution in [-0.4, -0.2) is 15.5 Å². The van der Waals surface area contributed by atoms with Crippen molar-refractivity contribution in [3.05, 3.63) is 23.8 Å². The van der Waals surface area contributed by atoms with Gasteiger partial charge in [-0.3, -0.25) is 0 Å². The Hall–Kier alpha value is -0.963. The van der Waals surface area contributed by atoms with Crippen LogP contribution in [0.2, 0.25) is 13.1 Å². The second-order valence-electron chi connectivity index (χ2n) is 4.03. The van der Waals surface area contributed by atoms with Crippen molar-refractivity contribution in [2.24, 2.45) is 0 Å². The molecule has 70 valence electrons. The molecular formula is C10H15NOSi. The van der Waals surface area contributed by atoms with Crippen LogP contribution in [0.1, 0.15) is 5.56 Å². The van der Waals surface area contributed by atoms with E-state index >= 15 is 0 Å². The summed E-state index contributed by atoms with van der Waals surface area (Å²) >= 11 is 0. The summed E-state index contributed by atoms with van der Waals surface area (Å²) in [7, 11) is 0.476. The summed E-state index contributed by atoms with van der Waals surface area (Å²) in [5.41, 5.74) is 2.49. The first-order chi connectivity index (χ1) is 6.02. The summed E-state index contributed by atoms with van der Waals surface area (Å²) in [6, 6.07) is 6.32. The molecule has 0 saturated heterocycles. The van der Waals surface area contributed by atoms with Gasteiger partial charge in [-0.25, -0.2) is 0 Å². The van der Waals surface area contributed by atoms with E-state index in [9.17, 15) is 0 Å². The molecule has 0 spiro atoms. The van der Waals surface area contributed by atoms with Gasteiger partial charge in [-0.15, -0.1) is 0 Å². The Labute approximate surface area is 80.3 Å². The van der Waals surface area contributed by atoms with Crippen LogP contribution in [0.25, 0.3) is 0 Å². The van der Waals surface area contributed by atoms with Gasteiger partial charge in [0, 0.05) is 7.05 Å². The first-order valence-electron chi connectivity index (χ1n) is 4.55. The van der Waals surface area contributed by atoms with E-state index in [1.807, 2.05) is 0 Å². The number of para-hydroxylation sites is 1. The Morgan fingerprint density at radius 1 is 1.31 bits per heavy atom. The second kappa shape index (κ2) is 2.51. The van der Waals surface area contributed by atoms with Crippen LogP contribution in [0.15, 0.2) is 18.2 Å². The summed E-state index contributed by atoms with van der Waals surface area (Å²) in [5.74, 6) is 1.08. The molecule has 0 saturated carbocycles. The van der Waals surface area contributed by atoms with Crippen molar-refractivity contribution in [2.45, 2.75) is 20.0 Å². The fourth-order valence-corrected chi connectivity index (χ4v) is 3.30. The molecule has 0 amide bonds. The topological polar surface area (TPSA) is 12.5 Å². The summed E-state index contributed by atoms with van der Waals surface area (Å²) in [5, 5.41) is 0. The molecule has 3 heteroatoms. The molecule has 0 aliphatic carbocycles. The minimum atomic E-state index is -1.65. The van der Waals surface area contributed by atoms with Crippen molar-refractivity contribution in [3.8, 4) is 5.75 Å². The third kappa shape index (κ3) is 1.15. The lowest BCUT2D eigenvalue weighted by Gasteiger charge is -2.24. The smallest absolute Gasteiger partial charge is 0.354 e. The molecule has 1 aliphatic heterocycles. The number of aryl methyl sites for hydroxylation is 1. The number of benzene rings is 1. The van der Waals surface area contributed by atoms with E-state index in [-0.39, 0.29) is 0 Å². The number of hydrogen-bond acceptors (Lipinski definition) is 2. The second-order valence-corrected chi connectivity index (χ2v) is 7.80. The Bertz CT molecular complexity index is 349. The largest absolute Gasteiger partial charge is 0.523 e. The zero-order chi connectivity index (χ0) is 9.64. The monoisotopic (exact) mass is 193 g/mol. The molecule has 0 aromatic heterocycles. The minimum absolute atomic E-state index is 1.08. The fraction of sp³-hybridized carbons (Fsp3) is 0.400. The van der Waals surface area contributed by atoms with Crippen LogP contribution in [0.3, 0.4) is 0 Å². The van der Waals surface area contributed by atoms with Crippen LogP contribution < -0.4 is 8.99 Å². The van der Waals surface area contributed by atoms with Gasteiger partial charge in [0.2, 0.25) is 0 Å². The highest BCUT2D eigenvalue weighted by Crippen LogP contribution is 2.40. The number of rotatable bonds is 0.